The molecule has 5 nitrogen and oxygen atoms in total. The van der Waals surface area contributed by atoms with Gasteiger partial charge in [-0.25, -0.2) is 4.39 Å². The molecule has 6 heteroatoms. The molecule has 0 unspecified atom stereocenters. The van der Waals surface area contributed by atoms with Crippen LogP contribution in [0.4, 0.5) is 4.39 Å². The van der Waals surface area contributed by atoms with Gasteiger partial charge in [0.15, 0.2) is 6.61 Å². The first kappa shape index (κ1) is 22.8. The molecule has 31 heavy (non-hydrogen) atoms. The smallest absolute Gasteiger partial charge is 0.261 e. The zero-order valence-electron chi connectivity index (χ0n) is 18.3. The van der Waals surface area contributed by atoms with Crippen molar-refractivity contribution in [1.29, 1.82) is 0 Å². The lowest BCUT2D eigenvalue weighted by Gasteiger charge is -2.31. The summed E-state index contributed by atoms with van der Waals surface area (Å²) in [5.41, 5.74) is 2.04. The molecule has 1 atom stereocenters. The van der Waals surface area contributed by atoms with Gasteiger partial charge in [-0.2, -0.15) is 0 Å². The maximum absolute atomic E-state index is 13.1. The average molecular weight is 427 g/mol. The summed E-state index contributed by atoms with van der Waals surface area (Å²) < 4.78 is 18.7. The standard InChI is InChI=1S/C25H31FN2O3/c1-18-7-6-8-20(15-18)16-28(19(2)25(30)27-22-9-4-3-5-10-22)24(29)17-31-23-13-11-21(26)12-14-23/h6-8,11-15,19,22H,3-5,9-10,16-17H2,1-2H3,(H,27,30)/t19-/m0/s1. The number of ether oxygens (including phenoxy) is 1. The number of aryl methyl sites for hydroxylation is 1. The molecule has 2 amide bonds. The van der Waals surface area contributed by atoms with Gasteiger partial charge < -0.3 is 15.0 Å². The Bertz CT molecular complexity index is 879. The minimum Gasteiger partial charge on any atom is -0.484 e. The van der Waals surface area contributed by atoms with Crippen LogP contribution in [0.1, 0.15) is 50.2 Å². The molecule has 1 saturated carbocycles. The Morgan fingerprint density at radius 3 is 2.52 bits per heavy atom. The van der Waals surface area contributed by atoms with Gasteiger partial charge in [0.25, 0.3) is 5.91 Å². The summed E-state index contributed by atoms with van der Waals surface area (Å²) in [6, 6.07) is 12.9. The molecule has 1 fully saturated rings. The molecule has 0 spiro atoms. The van der Waals surface area contributed by atoms with Crippen LogP contribution >= 0.6 is 0 Å². The summed E-state index contributed by atoms with van der Waals surface area (Å²) >= 11 is 0. The fourth-order valence-corrected chi connectivity index (χ4v) is 3.92. The second-order valence-corrected chi connectivity index (χ2v) is 8.27. The van der Waals surface area contributed by atoms with Gasteiger partial charge >= 0.3 is 0 Å². The highest BCUT2D eigenvalue weighted by Crippen LogP contribution is 2.19. The second-order valence-electron chi connectivity index (χ2n) is 8.27. The summed E-state index contributed by atoms with van der Waals surface area (Å²) in [5, 5.41) is 3.12. The number of halogens is 1. The zero-order chi connectivity index (χ0) is 22.2. The van der Waals surface area contributed by atoms with Gasteiger partial charge in [0.05, 0.1) is 0 Å². The van der Waals surface area contributed by atoms with Crippen molar-refractivity contribution in [1.82, 2.24) is 10.2 Å². The number of nitrogens with zero attached hydrogens (tertiary/aromatic N) is 1. The molecule has 1 N–H and O–H groups in total. The molecular formula is C25H31FN2O3. The van der Waals surface area contributed by atoms with Gasteiger partial charge in [-0.05, 0) is 56.5 Å². The summed E-state index contributed by atoms with van der Waals surface area (Å²) in [7, 11) is 0. The topological polar surface area (TPSA) is 58.6 Å². The Labute approximate surface area is 183 Å². The monoisotopic (exact) mass is 426 g/mol. The molecule has 3 rings (SSSR count). The van der Waals surface area contributed by atoms with Crippen LogP contribution in [0, 0.1) is 12.7 Å². The first-order chi connectivity index (χ1) is 14.9. The van der Waals surface area contributed by atoms with Crippen LogP contribution in [0.15, 0.2) is 48.5 Å². The number of rotatable bonds is 8. The van der Waals surface area contributed by atoms with Gasteiger partial charge in [0.2, 0.25) is 5.91 Å². The quantitative estimate of drug-likeness (QED) is 0.682. The number of benzene rings is 2. The zero-order valence-corrected chi connectivity index (χ0v) is 18.3. The van der Waals surface area contributed by atoms with Crippen LogP contribution in [0.25, 0.3) is 0 Å². The molecule has 2 aromatic carbocycles. The van der Waals surface area contributed by atoms with Crippen molar-refractivity contribution in [2.75, 3.05) is 6.61 Å². The summed E-state index contributed by atoms with van der Waals surface area (Å²) in [6.07, 6.45) is 5.42. The van der Waals surface area contributed by atoms with Crippen molar-refractivity contribution < 1.29 is 18.7 Å². The maximum Gasteiger partial charge on any atom is 0.261 e. The van der Waals surface area contributed by atoms with E-state index < -0.39 is 6.04 Å². The average Bonchev–Trinajstić information content (AvgIpc) is 2.77. The maximum atomic E-state index is 13.1. The Morgan fingerprint density at radius 2 is 1.84 bits per heavy atom. The Hall–Kier alpha value is -2.89. The lowest BCUT2D eigenvalue weighted by molar-refractivity contribution is -0.142. The lowest BCUT2D eigenvalue weighted by Crippen LogP contribution is -2.51. The van der Waals surface area contributed by atoms with Crippen LogP contribution in [-0.4, -0.2) is 35.4 Å². The number of hydrogen-bond acceptors (Lipinski definition) is 3. The lowest BCUT2D eigenvalue weighted by atomic mass is 9.95. The van der Waals surface area contributed by atoms with Crippen LogP contribution in [0.2, 0.25) is 0 Å². The van der Waals surface area contributed by atoms with E-state index in [2.05, 4.69) is 5.32 Å². The van der Waals surface area contributed by atoms with Crippen molar-refractivity contribution in [3.8, 4) is 5.75 Å². The molecule has 2 aromatic rings. The van der Waals surface area contributed by atoms with Gasteiger partial charge in [-0.1, -0.05) is 49.1 Å². The molecule has 166 valence electrons. The first-order valence-corrected chi connectivity index (χ1v) is 11.0. The van der Waals surface area contributed by atoms with Crippen LogP contribution in [0.5, 0.6) is 5.75 Å². The second kappa shape index (κ2) is 10.9. The van der Waals surface area contributed by atoms with Crippen molar-refractivity contribution >= 4 is 11.8 Å². The van der Waals surface area contributed by atoms with E-state index in [0.29, 0.717) is 12.3 Å². The number of nitrogens with one attached hydrogen (secondary N) is 1. The normalized spacial score (nSPS) is 15.2. The number of carbonyl (C=O) groups is 2. The Balaban J connectivity index is 1.70. The van der Waals surface area contributed by atoms with Gasteiger partial charge in [-0.15, -0.1) is 0 Å². The van der Waals surface area contributed by atoms with Crippen LogP contribution < -0.4 is 10.1 Å². The van der Waals surface area contributed by atoms with E-state index in [1.807, 2.05) is 31.2 Å². The fraction of sp³-hybridized carbons (Fsp3) is 0.440. The SMILES string of the molecule is Cc1cccc(CN(C(=O)COc2ccc(F)cc2)[C@@H](C)C(=O)NC2CCCCC2)c1. The van der Waals surface area contributed by atoms with Crippen molar-refractivity contribution in [2.45, 2.75) is 64.6 Å². The molecular weight excluding hydrogens is 395 g/mol. The van der Waals surface area contributed by atoms with E-state index in [9.17, 15) is 14.0 Å². The predicted octanol–water partition coefficient (Wildman–Crippen LogP) is 4.38. The summed E-state index contributed by atoms with van der Waals surface area (Å²) in [6.45, 7) is 3.83. The molecule has 0 aliphatic heterocycles. The molecule has 0 bridgehead atoms. The van der Waals surface area contributed by atoms with Crippen molar-refractivity contribution in [3.63, 3.8) is 0 Å². The van der Waals surface area contributed by atoms with E-state index >= 15 is 0 Å². The molecule has 1 aliphatic carbocycles. The van der Waals surface area contributed by atoms with Gasteiger partial charge in [-0.3, -0.25) is 9.59 Å². The predicted molar refractivity (Wildman–Crippen MR) is 118 cm³/mol. The Morgan fingerprint density at radius 1 is 1.13 bits per heavy atom. The third-order valence-corrected chi connectivity index (χ3v) is 5.73. The van der Waals surface area contributed by atoms with Crippen molar-refractivity contribution in [2.24, 2.45) is 0 Å². The van der Waals surface area contributed by atoms with E-state index in [4.69, 9.17) is 4.74 Å². The third-order valence-electron chi connectivity index (χ3n) is 5.73. The molecule has 1 aliphatic rings. The van der Waals surface area contributed by atoms with E-state index in [1.54, 1.807) is 11.8 Å². The fourth-order valence-electron chi connectivity index (χ4n) is 3.92. The van der Waals surface area contributed by atoms with Gasteiger partial charge in [0, 0.05) is 12.6 Å². The Kier molecular flexibility index (Phi) is 8.04. The minimum atomic E-state index is -0.633. The van der Waals surface area contributed by atoms with E-state index in [1.165, 1.54) is 30.7 Å². The van der Waals surface area contributed by atoms with Crippen molar-refractivity contribution in [3.05, 3.63) is 65.5 Å². The first-order valence-electron chi connectivity index (χ1n) is 11.0. The number of amides is 2. The molecule has 0 radical (unpaired) electrons. The molecule has 0 heterocycles. The van der Waals surface area contributed by atoms with Crippen LogP contribution in [-0.2, 0) is 16.1 Å². The van der Waals surface area contributed by atoms with Crippen LogP contribution in [0.3, 0.4) is 0 Å². The number of hydrogen-bond donors (Lipinski definition) is 1. The summed E-state index contributed by atoms with van der Waals surface area (Å²) in [4.78, 5) is 27.5. The van der Waals surface area contributed by atoms with E-state index in [-0.39, 0.29) is 30.3 Å². The van der Waals surface area contributed by atoms with Gasteiger partial charge in [0.1, 0.15) is 17.6 Å². The summed E-state index contributed by atoms with van der Waals surface area (Å²) in [5.74, 6) is -0.399. The third kappa shape index (κ3) is 6.81. The highest BCUT2D eigenvalue weighted by atomic mass is 19.1. The molecule has 0 saturated heterocycles. The molecule has 0 aromatic heterocycles. The largest absolute Gasteiger partial charge is 0.484 e. The highest BCUT2D eigenvalue weighted by Gasteiger charge is 2.28. The minimum absolute atomic E-state index is 0.144. The highest BCUT2D eigenvalue weighted by molar-refractivity contribution is 5.88. The number of carbonyl (C=O) groups excluding carboxylic acids is 2. The van der Waals surface area contributed by atoms with E-state index in [0.717, 1.165) is 36.8 Å².